The van der Waals surface area contributed by atoms with Gasteiger partial charge in [0.25, 0.3) is 0 Å². The molecule has 0 unspecified atom stereocenters. The highest BCUT2D eigenvalue weighted by Crippen LogP contribution is 2.29. The fraction of sp³-hybridized carbons (Fsp3) is 0.769. The summed E-state index contributed by atoms with van der Waals surface area (Å²) in [6.45, 7) is 6.03. The molecular weight excluding hydrogens is 188 g/mol. The van der Waals surface area contributed by atoms with Crippen LogP contribution in [0, 0.1) is 5.92 Å². The third-order valence-electron chi connectivity index (χ3n) is 3.13. The lowest BCUT2D eigenvalue weighted by molar-refractivity contribution is -0.138. The number of rotatable bonds is 6. The van der Waals surface area contributed by atoms with Crippen molar-refractivity contribution in [2.45, 2.75) is 51.9 Å². The van der Waals surface area contributed by atoms with Crippen molar-refractivity contribution in [3.8, 4) is 0 Å². The minimum atomic E-state index is -0.219. The first-order valence-corrected chi connectivity index (χ1v) is 6.09. The van der Waals surface area contributed by atoms with Crippen molar-refractivity contribution in [3.63, 3.8) is 0 Å². The Hall–Kier alpha value is -0.790. The molecule has 1 saturated carbocycles. The molecule has 1 aliphatic rings. The molecule has 86 valence electrons. The second-order valence-corrected chi connectivity index (χ2v) is 4.37. The minimum Gasteiger partial charge on any atom is -0.463 e. The van der Waals surface area contributed by atoms with Gasteiger partial charge in [-0.25, -0.2) is 4.79 Å². The summed E-state index contributed by atoms with van der Waals surface area (Å²) >= 11 is 0. The summed E-state index contributed by atoms with van der Waals surface area (Å²) in [6, 6.07) is 0. The molecule has 0 radical (unpaired) electrons. The van der Waals surface area contributed by atoms with E-state index in [0.29, 0.717) is 12.2 Å². The van der Waals surface area contributed by atoms with Gasteiger partial charge >= 0.3 is 5.97 Å². The Labute approximate surface area is 92.7 Å². The summed E-state index contributed by atoms with van der Waals surface area (Å²) in [5.41, 5.74) is 0.634. The van der Waals surface area contributed by atoms with Crippen molar-refractivity contribution < 1.29 is 9.53 Å². The molecule has 2 nitrogen and oxygen atoms in total. The minimum absolute atomic E-state index is 0.219. The highest BCUT2D eigenvalue weighted by atomic mass is 16.5. The van der Waals surface area contributed by atoms with Crippen LogP contribution in [0.1, 0.15) is 51.9 Å². The molecule has 0 N–H and O–H groups in total. The Morgan fingerprint density at radius 2 is 2.07 bits per heavy atom. The maximum Gasteiger partial charge on any atom is 0.333 e. The summed E-state index contributed by atoms with van der Waals surface area (Å²) in [4.78, 5) is 11.2. The number of esters is 1. The number of hydrogen-bond donors (Lipinski definition) is 0. The molecule has 0 heterocycles. The van der Waals surface area contributed by atoms with Crippen molar-refractivity contribution in [2.24, 2.45) is 5.92 Å². The van der Waals surface area contributed by atoms with Gasteiger partial charge in [0, 0.05) is 5.57 Å². The summed E-state index contributed by atoms with van der Waals surface area (Å²) < 4.78 is 4.89. The van der Waals surface area contributed by atoms with Gasteiger partial charge in [0.05, 0.1) is 6.61 Å². The number of hydrogen-bond acceptors (Lipinski definition) is 2. The number of ether oxygens (including phenoxy) is 1. The molecule has 2 heteroatoms. The molecule has 0 spiro atoms. The Balaban J connectivity index is 2.08. The molecule has 0 aromatic carbocycles. The Morgan fingerprint density at radius 3 is 2.67 bits per heavy atom. The Kier molecular flexibility index (Phi) is 5.44. The van der Waals surface area contributed by atoms with E-state index in [4.69, 9.17) is 4.74 Å². The third-order valence-corrected chi connectivity index (χ3v) is 3.13. The zero-order valence-electron chi connectivity index (χ0n) is 9.76. The summed E-state index contributed by atoms with van der Waals surface area (Å²) in [7, 11) is 0. The summed E-state index contributed by atoms with van der Waals surface area (Å²) in [6.07, 6.45) is 8.68. The van der Waals surface area contributed by atoms with E-state index in [1.54, 1.807) is 0 Å². The molecule has 1 aliphatic carbocycles. The van der Waals surface area contributed by atoms with Gasteiger partial charge in [-0.1, -0.05) is 38.7 Å². The standard InChI is InChI=1S/C13H22O2/c1-3-15-13(14)11(2)7-6-10-12-8-4-5-9-12/h12H,2-10H2,1H3. The largest absolute Gasteiger partial charge is 0.463 e. The maximum absolute atomic E-state index is 11.2. The molecule has 1 fully saturated rings. The summed E-state index contributed by atoms with van der Waals surface area (Å²) in [5.74, 6) is 0.684. The quantitative estimate of drug-likeness (QED) is 0.495. The average Bonchev–Trinajstić information content (AvgIpc) is 2.71. The second-order valence-electron chi connectivity index (χ2n) is 4.37. The highest BCUT2D eigenvalue weighted by molar-refractivity contribution is 5.87. The van der Waals surface area contributed by atoms with Crippen LogP contribution >= 0.6 is 0 Å². The zero-order valence-corrected chi connectivity index (χ0v) is 9.76. The van der Waals surface area contributed by atoms with E-state index in [1.165, 1.54) is 32.1 Å². The van der Waals surface area contributed by atoms with E-state index in [0.717, 1.165) is 18.8 Å². The van der Waals surface area contributed by atoms with Gasteiger partial charge in [0.1, 0.15) is 0 Å². The Bertz CT molecular complexity index is 215. The third kappa shape index (κ3) is 4.50. The van der Waals surface area contributed by atoms with Crippen LogP contribution in [-0.4, -0.2) is 12.6 Å². The predicted molar refractivity (Wildman–Crippen MR) is 61.6 cm³/mol. The summed E-state index contributed by atoms with van der Waals surface area (Å²) in [5, 5.41) is 0. The smallest absolute Gasteiger partial charge is 0.333 e. The first-order chi connectivity index (χ1) is 7.24. The maximum atomic E-state index is 11.2. The molecule has 0 aromatic heterocycles. The van der Waals surface area contributed by atoms with Gasteiger partial charge in [0.15, 0.2) is 0 Å². The van der Waals surface area contributed by atoms with Crippen molar-refractivity contribution in [1.82, 2.24) is 0 Å². The molecule has 0 atom stereocenters. The average molecular weight is 210 g/mol. The fourth-order valence-electron chi connectivity index (χ4n) is 2.24. The first-order valence-electron chi connectivity index (χ1n) is 6.09. The molecule has 0 aromatic rings. The van der Waals surface area contributed by atoms with Crippen LogP contribution < -0.4 is 0 Å². The second kappa shape index (κ2) is 6.65. The molecule has 0 saturated heterocycles. The van der Waals surface area contributed by atoms with Crippen LogP contribution in [0.15, 0.2) is 12.2 Å². The zero-order chi connectivity index (χ0) is 11.1. The molecule has 0 aliphatic heterocycles. The topological polar surface area (TPSA) is 26.3 Å². The van der Waals surface area contributed by atoms with E-state index in [9.17, 15) is 4.79 Å². The van der Waals surface area contributed by atoms with Gasteiger partial charge in [-0.15, -0.1) is 0 Å². The Morgan fingerprint density at radius 1 is 1.40 bits per heavy atom. The molecule has 1 rings (SSSR count). The molecule has 0 amide bonds. The van der Waals surface area contributed by atoms with E-state index in [2.05, 4.69) is 6.58 Å². The molecule has 0 bridgehead atoms. The van der Waals surface area contributed by atoms with Gasteiger partial charge in [0.2, 0.25) is 0 Å². The SMILES string of the molecule is C=C(CCCC1CCCC1)C(=O)OCC. The van der Waals surface area contributed by atoms with Crippen molar-refractivity contribution in [2.75, 3.05) is 6.61 Å². The van der Waals surface area contributed by atoms with Gasteiger partial charge in [-0.2, -0.15) is 0 Å². The lowest BCUT2D eigenvalue weighted by Gasteiger charge is -2.09. The van der Waals surface area contributed by atoms with E-state index in [1.807, 2.05) is 6.92 Å². The number of carbonyl (C=O) groups is 1. The van der Waals surface area contributed by atoms with Gasteiger partial charge < -0.3 is 4.74 Å². The number of carbonyl (C=O) groups excluding carboxylic acids is 1. The monoisotopic (exact) mass is 210 g/mol. The highest BCUT2D eigenvalue weighted by Gasteiger charge is 2.15. The van der Waals surface area contributed by atoms with Crippen LogP contribution in [0.5, 0.6) is 0 Å². The van der Waals surface area contributed by atoms with Crippen LogP contribution in [-0.2, 0) is 9.53 Å². The van der Waals surface area contributed by atoms with E-state index in [-0.39, 0.29) is 5.97 Å². The van der Waals surface area contributed by atoms with E-state index >= 15 is 0 Å². The van der Waals surface area contributed by atoms with Crippen molar-refractivity contribution >= 4 is 5.97 Å². The van der Waals surface area contributed by atoms with Crippen molar-refractivity contribution in [1.29, 1.82) is 0 Å². The molecule has 15 heavy (non-hydrogen) atoms. The van der Waals surface area contributed by atoms with Crippen molar-refractivity contribution in [3.05, 3.63) is 12.2 Å². The van der Waals surface area contributed by atoms with Gasteiger partial charge in [-0.3, -0.25) is 0 Å². The lowest BCUT2D eigenvalue weighted by atomic mass is 9.99. The van der Waals surface area contributed by atoms with Crippen LogP contribution in [0.4, 0.5) is 0 Å². The molecular formula is C13H22O2. The van der Waals surface area contributed by atoms with Crippen LogP contribution in [0.3, 0.4) is 0 Å². The van der Waals surface area contributed by atoms with E-state index < -0.39 is 0 Å². The van der Waals surface area contributed by atoms with Gasteiger partial charge in [-0.05, 0) is 25.7 Å². The van der Waals surface area contributed by atoms with Crippen LogP contribution in [0.25, 0.3) is 0 Å². The fourth-order valence-corrected chi connectivity index (χ4v) is 2.24. The normalized spacial score (nSPS) is 16.6. The van der Waals surface area contributed by atoms with Crippen LogP contribution in [0.2, 0.25) is 0 Å². The lowest BCUT2D eigenvalue weighted by Crippen LogP contribution is -2.07. The first kappa shape index (κ1) is 12.3. The predicted octanol–water partition coefficient (Wildman–Crippen LogP) is 3.47.